The van der Waals surface area contributed by atoms with E-state index in [2.05, 4.69) is 36.6 Å². The number of hydrogen-bond acceptors (Lipinski definition) is 5. The van der Waals surface area contributed by atoms with Crippen LogP contribution in [0.2, 0.25) is 0 Å². The summed E-state index contributed by atoms with van der Waals surface area (Å²) in [5, 5.41) is 10.4. The standard InChI is InChI=1S/C16H21N3O3S/c1-16(2,3)13-9-14(19-22-13)18-15(23)17-10-6-7-11(20-4)12(8-10)21-5/h6-9H,1-5H3,(H2,17,18,19,23). The molecule has 0 aliphatic rings. The van der Waals surface area contributed by atoms with Gasteiger partial charge in [-0.25, -0.2) is 0 Å². The number of methoxy groups -OCH3 is 2. The molecule has 0 amide bonds. The van der Waals surface area contributed by atoms with Gasteiger partial charge in [-0.15, -0.1) is 0 Å². The predicted molar refractivity (Wildman–Crippen MR) is 94.6 cm³/mol. The van der Waals surface area contributed by atoms with Crippen LogP contribution in [0.25, 0.3) is 0 Å². The van der Waals surface area contributed by atoms with E-state index in [9.17, 15) is 0 Å². The summed E-state index contributed by atoms with van der Waals surface area (Å²) in [6, 6.07) is 7.29. The molecule has 2 aromatic rings. The molecule has 0 radical (unpaired) electrons. The van der Waals surface area contributed by atoms with Crippen molar-refractivity contribution < 1.29 is 14.0 Å². The molecule has 0 spiro atoms. The Kier molecular flexibility index (Phi) is 5.10. The molecule has 0 aliphatic carbocycles. The van der Waals surface area contributed by atoms with Crippen molar-refractivity contribution >= 4 is 28.8 Å². The summed E-state index contributed by atoms with van der Waals surface area (Å²) in [5.41, 5.74) is 0.672. The van der Waals surface area contributed by atoms with Crippen molar-refractivity contribution in [3.63, 3.8) is 0 Å². The van der Waals surface area contributed by atoms with Crippen LogP contribution < -0.4 is 20.1 Å². The molecule has 1 aromatic carbocycles. The maximum absolute atomic E-state index is 5.31. The predicted octanol–water partition coefficient (Wildman–Crippen LogP) is 3.80. The number of nitrogens with one attached hydrogen (secondary N) is 2. The first-order chi connectivity index (χ1) is 10.8. The first-order valence-corrected chi connectivity index (χ1v) is 7.51. The molecular weight excluding hydrogens is 314 g/mol. The third kappa shape index (κ3) is 4.35. The van der Waals surface area contributed by atoms with E-state index in [-0.39, 0.29) is 5.41 Å². The summed E-state index contributed by atoms with van der Waals surface area (Å²) in [5.74, 6) is 2.63. The maximum atomic E-state index is 5.31. The second-order valence-electron chi connectivity index (χ2n) is 5.98. The average molecular weight is 335 g/mol. The normalized spacial score (nSPS) is 11.0. The minimum absolute atomic E-state index is 0.106. The Bertz CT molecular complexity index is 692. The smallest absolute Gasteiger partial charge is 0.176 e. The van der Waals surface area contributed by atoms with Gasteiger partial charge >= 0.3 is 0 Å². The number of thiocarbonyl (C=S) groups is 1. The molecule has 0 bridgehead atoms. The first-order valence-electron chi connectivity index (χ1n) is 7.10. The van der Waals surface area contributed by atoms with E-state index < -0.39 is 0 Å². The molecule has 2 rings (SSSR count). The third-order valence-electron chi connectivity index (χ3n) is 3.13. The number of nitrogens with zero attached hydrogens (tertiary/aromatic N) is 1. The third-order valence-corrected chi connectivity index (χ3v) is 3.34. The number of benzene rings is 1. The molecular formula is C16H21N3O3S. The second kappa shape index (κ2) is 6.87. The van der Waals surface area contributed by atoms with Crippen molar-refractivity contribution in [3.05, 3.63) is 30.0 Å². The fourth-order valence-electron chi connectivity index (χ4n) is 1.88. The zero-order chi connectivity index (χ0) is 17.0. The lowest BCUT2D eigenvalue weighted by Crippen LogP contribution is -2.19. The van der Waals surface area contributed by atoms with Gasteiger partial charge < -0.3 is 24.6 Å². The highest BCUT2D eigenvalue weighted by molar-refractivity contribution is 7.80. The number of aromatic nitrogens is 1. The van der Waals surface area contributed by atoms with Crippen molar-refractivity contribution in [2.24, 2.45) is 0 Å². The van der Waals surface area contributed by atoms with Crippen LogP contribution in [0.15, 0.2) is 28.8 Å². The fourth-order valence-corrected chi connectivity index (χ4v) is 2.10. The van der Waals surface area contributed by atoms with Crippen LogP contribution in [0.5, 0.6) is 11.5 Å². The summed E-state index contributed by atoms with van der Waals surface area (Å²) in [6.07, 6.45) is 0. The van der Waals surface area contributed by atoms with Gasteiger partial charge in [0.1, 0.15) is 5.76 Å². The van der Waals surface area contributed by atoms with Crippen LogP contribution in [-0.4, -0.2) is 24.5 Å². The Morgan fingerprint density at radius 1 is 1.09 bits per heavy atom. The van der Waals surface area contributed by atoms with Gasteiger partial charge in [0.2, 0.25) is 0 Å². The fraction of sp³-hybridized carbons (Fsp3) is 0.375. The lowest BCUT2D eigenvalue weighted by Gasteiger charge is -2.12. The summed E-state index contributed by atoms with van der Waals surface area (Å²) >= 11 is 5.29. The quantitative estimate of drug-likeness (QED) is 0.824. The molecule has 0 fully saturated rings. The molecule has 23 heavy (non-hydrogen) atoms. The first kappa shape index (κ1) is 17.1. The number of ether oxygens (including phenoxy) is 2. The minimum atomic E-state index is -0.106. The summed E-state index contributed by atoms with van der Waals surface area (Å²) in [4.78, 5) is 0. The van der Waals surface area contributed by atoms with E-state index in [1.165, 1.54) is 0 Å². The molecule has 0 aliphatic heterocycles. The van der Waals surface area contributed by atoms with Gasteiger partial charge in [-0.2, -0.15) is 0 Å². The number of rotatable bonds is 4. The van der Waals surface area contributed by atoms with Gasteiger partial charge in [0.05, 0.1) is 14.2 Å². The minimum Gasteiger partial charge on any atom is -0.493 e. The van der Waals surface area contributed by atoms with E-state index in [0.29, 0.717) is 22.4 Å². The zero-order valence-corrected chi connectivity index (χ0v) is 14.7. The van der Waals surface area contributed by atoms with E-state index in [4.69, 9.17) is 26.2 Å². The van der Waals surface area contributed by atoms with Gasteiger partial charge in [-0.05, 0) is 24.4 Å². The molecule has 7 heteroatoms. The van der Waals surface area contributed by atoms with Crippen LogP contribution in [-0.2, 0) is 5.41 Å². The van der Waals surface area contributed by atoms with Crippen LogP contribution in [0.3, 0.4) is 0 Å². The topological polar surface area (TPSA) is 68.5 Å². The van der Waals surface area contributed by atoms with E-state index in [1.807, 2.05) is 12.1 Å². The molecule has 0 atom stereocenters. The summed E-state index contributed by atoms with van der Waals surface area (Å²) < 4.78 is 15.8. The Morgan fingerprint density at radius 2 is 1.78 bits per heavy atom. The van der Waals surface area contributed by atoms with E-state index in [1.54, 1.807) is 26.4 Å². The number of anilines is 2. The molecule has 0 unspecified atom stereocenters. The van der Waals surface area contributed by atoms with Crippen LogP contribution in [0, 0.1) is 0 Å². The van der Waals surface area contributed by atoms with Crippen molar-refractivity contribution in [2.75, 3.05) is 24.9 Å². The van der Waals surface area contributed by atoms with Gasteiger partial charge in [-0.1, -0.05) is 25.9 Å². The van der Waals surface area contributed by atoms with Crippen molar-refractivity contribution in [1.82, 2.24) is 5.16 Å². The SMILES string of the molecule is COc1ccc(NC(=S)Nc2cc(C(C)(C)C)on2)cc1OC. The summed E-state index contributed by atoms with van der Waals surface area (Å²) in [6.45, 7) is 6.16. The Hall–Kier alpha value is -2.28. The summed E-state index contributed by atoms with van der Waals surface area (Å²) in [7, 11) is 3.18. The Balaban J connectivity index is 2.03. The zero-order valence-electron chi connectivity index (χ0n) is 13.9. The van der Waals surface area contributed by atoms with Gasteiger partial charge in [-0.3, -0.25) is 0 Å². The molecule has 1 aromatic heterocycles. The number of hydrogen-bond donors (Lipinski definition) is 2. The van der Waals surface area contributed by atoms with E-state index >= 15 is 0 Å². The van der Waals surface area contributed by atoms with E-state index in [0.717, 1.165) is 11.4 Å². The monoisotopic (exact) mass is 335 g/mol. The Morgan fingerprint density at radius 3 is 2.35 bits per heavy atom. The highest BCUT2D eigenvalue weighted by Gasteiger charge is 2.20. The Labute approximate surface area is 141 Å². The van der Waals surface area contributed by atoms with Gasteiger partial charge in [0, 0.05) is 23.2 Å². The lowest BCUT2D eigenvalue weighted by molar-refractivity contribution is 0.331. The van der Waals surface area contributed by atoms with Crippen LogP contribution >= 0.6 is 12.2 Å². The highest BCUT2D eigenvalue weighted by atomic mass is 32.1. The second-order valence-corrected chi connectivity index (χ2v) is 6.38. The highest BCUT2D eigenvalue weighted by Crippen LogP contribution is 2.30. The van der Waals surface area contributed by atoms with Crippen LogP contribution in [0.4, 0.5) is 11.5 Å². The maximum Gasteiger partial charge on any atom is 0.176 e. The molecule has 2 N–H and O–H groups in total. The van der Waals surface area contributed by atoms with Crippen molar-refractivity contribution in [2.45, 2.75) is 26.2 Å². The largest absolute Gasteiger partial charge is 0.493 e. The molecule has 6 nitrogen and oxygen atoms in total. The van der Waals surface area contributed by atoms with Crippen molar-refractivity contribution in [3.8, 4) is 11.5 Å². The molecule has 1 heterocycles. The molecule has 0 saturated carbocycles. The molecule has 124 valence electrons. The molecule has 0 saturated heterocycles. The van der Waals surface area contributed by atoms with Gasteiger partial charge in [0.25, 0.3) is 0 Å². The van der Waals surface area contributed by atoms with Gasteiger partial charge in [0.15, 0.2) is 22.4 Å². The average Bonchev–Trinajstić information content (AvgIpc) is 2.95. The van der Waals surface area contributed by atoms with Crippen LogP contribution in [0.1, 0.15) is 26.5 Å². The van der Waals surface area contributed by atoms with Crippen molar-refractivity contribution in [1.29, 1.82) is 0 Å². The lowest BCUT2D eigenvalue weighted by atomic mass is 9.93.